The number of hydrogen-bond acceptors (Lipinski definition) is 6. The van der Waals surface area contributed by atoms with Crippen molar-refractivity contribution in [1.29, 1.82) is 0 Å². The van der Waals surface area contributed by atoms with Crippen LogP contribution in [-0.4, -0.2) is 41.7 Å². The molecule has 0 unspecified atom stereocenters. The summed E-state index contributed by atoms with van der Waals surface area (Å²) in [5.74, 6) is 0.635. The summed E-state index contributed by atoms with van der Waals surface area (Å²) >= 11 is 0. The first-order valence-corrected chi connectivity index (χ1v) is 11.7. The van der Waals surface area contributed by atoms with Crippen LogP contribution in [0.4, 0.5) is 11.4 Å². The smallest absolute Gasteiger partial charge is 0.264 e. The van der Waals surface area contributed by atoms with Gasteiger partial charge in [0.2, 0.25) is 5.91 Å². The van der Waals surface area contributed by atoms with Gasteiger partial charge in [0.05, 0.1) is 37.1 Å². The predicted molar refractivity (Wildman–Crippen MR) is 127 cm³/mol. The lowest BCUT2D eigenvalue weighted by molar-refractivity contribution is -0.114. The molecule has 0 aliphatic rings. The largest absolute Gasteiger partial charge is 0.497 e. The number of anilines is 2. The number of sulfonamides is 1. The molecule has 0 bridgehead atoms. The molecule has 0 fully saturated rings. The van der Waals surface area contributed by atoms with Gasteiger partial charge in [-0.2, -0.15) is 0 Å². The average Bonchev–Trinajstić information content (AvgIpc) is 2.84. The third-order valence-electron chi connectivity index (χ3n) is 4.73. The summed E-state index contributed by atoms with van der Waals surface area (Å²) in [5.41, 5.74) is 0.618. The molecule has 9 heteroatoms. The van der Waals surface area contributed by atoms with E-state index in [0.29, 0.717) is 23.8 Å². The number of carbonyl (C=O) groups excluding carboxylic acids is 1. The molecule has 0 saturated heterocycles. The Morgan fingerprint density at radius 3 is 2.27 bits per heavy atom. The van der Waals surface area contributed by atoms with Gasteiger partial charge in [0.25, 0.3) is 10.0 Å². The molecule has 0 spiro atoms. The first-order valence-electron chi connectivity index (χ1n) is 10.2. The average molecular weight is 471 g/mol. The highest BCUT2D eigenvalue weighted by molar-refractivity contribution is 7.92. The van der Waals surface area contributed by atoms with Crippen molar-refractivity contribution in [2.75, 3.05) is 37.0 Å². The molecule has 174 valence electrons. The second kappa shape index (κ2) is 10.7. The quantitative estimate of drug-likeness (QED) is 0.482. The van der Waals surface area contributed by atoms with Crippen LogP contribution in [0.15, 0.2) is 77.7 Å². The van der Waals surface area contributed by atoms with E-state index < -0.39 is 22.5 Å². The second-order valence-corrected chi connectivity index (χ2v) is 8.70. The number of methoxy groups -OCH3 is 2. The molecule has 3 rings (SSSR count). The van der Waals surface area contributed by atoms with Gasteiger partial charge < -0.3 is 19.5 Å². The molecule has 0 heterocycles. The number of para-hydroxylation sites is 2. The Labute approximate surface area is 193 Å². The van der Waals surface area contributed by atoms with Gasteiger partial charge in [-0.15, -0.1) is 0 Å². The highest BCUT2D eigenvalue weighted by Gasteiger charge is 2.30. The van der Waals surface area contributed by atoms with Crippen LogP contribution in [0.3, 0.4) is 0 Å². The third-order valence-corrected chi connectivity index (χ3v) is 6.51. The number of nitrogens with one attached hydrogen (secondary N) is 1. The zero-order valence-electron chi connectivity index (χ0n) is 18.6. The van der Waals surface area contributed by atoms with Crippen LogP contribution >= 0.6 is 0 Å². The maximum absolute atomic E-state index is 13.6. The fraction of sp³-hybridized carbons (Fsp3) is 0.208. The topological polar surface area (TPSA) is 94.2 Å². The van der Waals surface area contributed by atoms with Crippen molar-refractivity contribution in [2.45, 2.75) is 11.8 Å². The Kier molecular flexibility index (Phi) is 7.78. The summed E-state index contributed by atoms with van der Waals surface area (Å²) in [7, 11) is -1.21. The normalized spacial score (nSPS) is 10.9. The third kappa shape index (κ3) is 5.56. The molecule has 0 radical (unpaired) electrons. The van der Waals surface area contributed by atoms with Gasteiger partial charge in [0.15, 0.2) is 0 Å². The van der Waals surface area contributed by atoms with Crippen LogP contribution in [-0.2, 0) is 14.8 Å². The number of carbonyl (C=O) groups is 1. The van der Waals surface area contributed by atoms with E-state index in [-0.39, 0.29) is 16.3 Å². The van der Waals surface area contributed by atoms with E-state index in [4.69, 9.17) is 14.2 Å². The molecule has 0 saturated carbocycles. The Hall–Kier alpha value is -3.72. The molecule has 1 amide bonds. The summed E-state index contributed by atoms with van der Waals surface area (Å²) in [6, 6.07) is 19.6. The first kappa shape index (κ1) is 23.9. The monoisotopic (exact) mass is 470 g/mol. The Morgan fingerprint density at radius 2 is 1.61 bits per heavy atom. The lowest BCUT2D eigenvalue weighted by Gasteiger charge is -2.26. The molecule has 33 heavy (non-hydrogen) atoms. The standard InChI is InChI=1S/C24H26N2O6S/c1-4-32-22-13-9-8-12-20(22)25-24(27)17-26(33(28,29)19-10-6-5-7-11-19)21-16-18(30-2)14-15-23(21)31-3/h5-16H,4,17H2,1-3H3,(H,25,27). The van der Waals surface area contributed by atoms with E-state index >= 15 is 0 Å². The predicted octanol–water partition coefficient (Wildman–Crippen LogP) is 3.94. The minimum atomic E-state index is -4.11. The van der Waals surface area contributed by atoms with Gasteiger partial charge in [-0.05, 0) is 43.3 Å². The number of ether oxygens (including phenoxy) is 3. The number of hydrogen-bond donors (Lipinski definition) is 1. The van der Waals surface area contributed by atoms with E-state index in [0.717, 1.165) is 4.31 Å². The number of amides is 1. The molecule has 0 aliphatic heterocycles. The van der Waals surface area contributed by atoms with Crippen LogP contribution in [0, 0.1) is 0 Å². The minimum absolute atomic E-state index is 0.0392. The fourth-order valence-corrected chi connectivity index (χ4v) is 4.63. The van der Waals surface area contributed by atoms with Crippen molar-refractivity contribution in [3.63, 3.8) is 0 Å². The fourth-order valence-electron chi connectivity index (χ4n) is 3.18. The van der Waals surface area contributed by atoms with Gasteiger partial charge in [0, 0.05) is 6.07 Å². The van der Waals surface area contributed by atoms with Gasteiger partial charge >= 0.3 is 0 Å². The van der Waals surface area contributed by atoms with E-state index in [1.165, 1.54) is 32.4 Å². The molecule has 0 aliphatic carbocycles. The van der Waals surface area contributed by atoms with Crippen molar-refractivity contribution in [1.82, 2.24) is 0 Å². The molecule has 3 aromatic carbocycles. The highest BCUT2D eigenvalue weighted by Crippen LogP contribution is 2.35. The molecular weight excluding hydrogens is 444 g/mol. The molecule has 3 aromatic rings. The molecule has 0 atom stereocenters. The number of nitrogens with zero attached hydrogens (tertiary/aromatic N) is 1. The minimum Gasteiger partial charge on any atom is -0.497 e. The van der Waals surface area contributed by atoms with Crippen molar-refractivity contribution in [3.05, 3.63) is 72.8 Å². The van der Waals surface area contributed by atoms with E-state index in [1.807, 2.05) is 6.92 Å². The van der Waals surface area contributed by atoms with Gasteiger partial charge in [0.1, 0.15) is 23.8 Å². The Balaban J connectivity index is 2.03. The SMILES string of the molecule is CCOc1ccccc1NC(=O)CN(c1cc(OC)ccc1OC)S(=O)(=O)c1ccccc1. The lowest BCUT2D eigenvalue weighted by Crippen LogP contribution is -2.38. The maximum Gasteiger partial charge on any atom is 0.264 e. The van der Waals surface area contributed by atoms with Crippen molar-refractivity contribution in [2.24, 2.45) is 0 Å². The zero-order valence-corrected chi connectivity index (χ0v) is 19.5. The summed E-state index contributed by atoms with van der Waals surface area (Å²) in [5, 5.41) is 2.74. The summed E-state index contributed by atoms with van der Waals surface area (Å²) in [6.45, 7) is 1.76. The second-order valence-electron chi connectivity index (χ2n) is 6.84. The van der Waals surface area contributed by atoms with E-state index in [9.17, 15) is 13.2 Å². The van der Waals surface area contributed by atoms with Gasteiger partial charge in [-0.25, -0.2) is 8.42 Å². The van der Waals surface area contributed by atoms with E-state index in [1.54, 1.807) is 54.6 Å². The number of benzene rings is 3. The van der Waals surface area contributed by atoms with Crippen LogP contribution < -0.4 is 23.8 Å². The van der Waals surface area contributed by atoms with Crippen molar-refractivity contribution >= 4 is 27.3 Å². The Morgan fingerprint density at radius 1 is 0.909 bits per heavy atom. The summed E-state index contributed by atoms with van der Waals surface area (Å²) in [6.07, 6.45) is 0. The summed E-state index contributed by atoms with van der Waals surface area (Å²) in [4.78, 5) is 13.1. The highest BCUT2D eigenvalue weighted by atomic mass is 32.2. The molecule has 8 nitrogen and oxygen atoms in total. The molecular formula is C24H26N2O6S. The summed E-state index contributed by atoms with van der Waals surface area (Å²) < 4.78 is 44.4. The Bertz CT molecular complexity index is 1200. The van der Waals surface area contributed by atoms with Gasteiger partial charge in [-0.3, -0.25) is 9.10 Å². The molecule has 0 aromatic heterocycles. The maximum atomic E-state index is 13.6. The van der Waals surface area contributed by atoms with Crippen LogP contribution in [0.1, 0.15) is 6.92 Å². The lowest BCUT2D eigenvalue weighted by atomic mass is 10.2. The van der Waals surface area contributed by atoms with Crippen molar-refractivity contribution in [3.8, 4) is 17.2 Å². The zero-order chi connectivity index (χ0) is 23.8. The van der Waals surface area contributed by atoms with Crippen LogP contribution in [0.2, 0.25) is 0 Å². The first-order chi connectivity index (χ1) is 15.9. The van der Waals surface area contributed by atoms with Crippen LogP contribution in [0.25, 0.3) is 0 Å². The van der Waals surface area contributed by atoms with Crippen LogP contribution in [0.5, 0.6) is 17.2 Å². The molecule has 1 N–H and O–H groups in total. The van der Waals surface area contributed by atoms with Gasteiger partial charge in [-0.1, -0.05) is 30.3 Å². The van der Waals surface area contributed by atoms with E-state index in [2.05, 4.69) is 5.32 Å². The number of rotatable bonds is 10. The van der Waals surface area contributed by atoms with Crippen molar-refractivity contribution < 1.29 is 27.4 Å².